The van der Waals surface area contributed by atoms with E-state index < -0.39 is 0 Å². The summed E-state index contributed by atoms with van der Waals surface area (Å²) in [5.41, 5.74) is 0.427. The topological polar surface area (TPSA) is 41.1 Å². The summed E-state index contributed by atoms with van der Waals surface area (Å²) >= 11 is 0. The maximum atomic E-state index is 11.2. The zero-order valence-electron chi connectivity index (χ0n) is 8.13. The molecule has 3 rings (SSSR count). The highest BCUT2D eigenvalue weighted by Gasteiger charge is 2.61. The third-order valence-corrected chi connectivity index (χ3v) is 4.55. The Morgan fingerprint density at radius 3 is 2.08 bits per heavy atom. The fourth-order valence-corrected chi connectivity index (χ4v) is 3.89. The molecule has 1 heterocycles. The number of nitrogens with one attached hydrogen (secondary N) is 2. The van der Waals surface area contributed by atoms with E-state index in [2.05, 4.69) is 24.5 Å². The zero-order valence-corrected chi connectivity index (χ0v) is 8.13. The molecule has 2 aliphatic carbocycles. The van der Waals surface area contributed by atoms with Crippen LogP contribution < -0.4 is 10.6 Å². The van der Waals surface area contributed by atoms with Crippen LogP contribution in [0.3, 0.4) is 0 Å². The second-order valence-corrected chi connectivity index (χ2v) is 5.28. The Morgan fingerprint density at radius 1 is 1.15 bits per heavy atom. The normalized spacial score (nSPS) is 50.2. The molecule has 2 N–H and O–H groups in total. The van der Waals surface area contributed by atoms with Gasteiger partial charge in [-0.3, -0.25) is 0 Å². The molecule has 3 aliphatic rings. The highest BCUT2D eigenvalue weighted by molar-refractivity contribution is 5.78. The average molecular weight is 180 g/mol. The Morgan fingerprint density at radius 2 is 1.62 bits per heavy atom. The Balaban J connectivity index is 1.98. The van der Waals surface area contributed by atoms with E-state index in [1.54, 1.807) is 0 Å². The number of hydrogen-bond donors (Lipinski definition) is 2. The quantitative estimate of drug-likeness (QED) is 0.576. The highest BCUT2D eigenvalue weighted by Crippen LogP contribution is 2.58. The number of carbonyl (C=O) groups is 1. The van der Waals surface area contributed by atoms with E-state index in [4.69, 9.17) is 0 Å². The summed E-state index contributed by atoms with van der Waals surface area (Å²) in [5, 5.41) is 6.11. The standard InChI is InChI=1S/C10H16N2O/c1-10(2)5-3-4-6(10)8-7(5)11-9(13)12-8/h5-8H,3-4H2,1-2H3,(H2,11,12,13). The van der Waals surface area contributed by atoms with Crippen molar-refractivity contribution in [2.75, 3.05) is 0 Å². The van der Waals surface area contributed by atoms with Crippen LogP contribution >= 0.6 is 0 Å². The van der Waals surface area contributed by atoms with E-state index in [0.29, 0.717) is 29.3 Å². The minimum absolute atomic E-state index is 0.0439. The van der Waals surface area contributed by atoms with E-state index in [1.807, 2.05) is 0 Å². The van der Waals surface area contributed by atoms with Crippen LogP contribution in [0.1, 0.15) is 26.7 Å². The van der Waals surface area contributed by atoms with Crippen LogP contribution in [-0.4, -0.2) is 18.1 Å². The third-order valence-electron chi connectivity index (χ3n) is 4.55. The van der Waals surface area contributed by atoms with Gasteiger partial charge in [0.1, 0.15) is 0 Å². The molecule has 0 aromatic carbocycles. The smallest absolute Gasteiger partial charge is 0.315 e. The van der Waals surface area contributed by atoms with Gasteiger partial charge in [-0.2, -0.15) is 0 Å². The Hall–Kier alpha value is -0.730. The number of amides is 2. The van der Waals surface area contributed by atoms with E-state index in [1.165, 1.54) is 12.8 Å². The van der Waals surface area contributed by atoms with Crippen molar-refractivity contribution in [3.63, 3.8) is 0 Å². The van der Waals surface area contributed by atoms with Crippen molar-refractivity contribution in [1.82, 2.24) is 10.6 Å². The molecule has 0 aromatic rings. The summed E-state index contributed by atoms with van der Waals surface area (Å²) in [6.07, 6.45) is 2.58. The van der Waals surface area contributed by atoms with Crippen molar-refractivity contribution < 1.29 is 4.79 Å². The lowest BCUT2D eigenvalue weighted by atomic mass is 9.81. The number of fused-ring (bicyclic) bond motifs is 5. The molecule has 2 saturated carbocycles. The van der Waals surface area contributed by atoms with Crippen molar-refractivity contribution in [2.45, 2.75) is 38.8 Å². The predicted octanol–water partition coefficient (Wildman–Crippen LogP) is 1.10. The predicted molar refractivity (Wildman–Crippen MR) is 49.2 cm³/mol. The summed E-state index contributed by atoms with van der Waals surface area (Å²) < 4.78 is 0. The summed E-state index contributed by atoms with van der Waals surface area (Å²) in [5.74, 6) is 1.39. The summed E-state index contributed by atoms with van der Waals surface area (Å²) in [7, 11) is 0. The maximum absolute atomic E-state index is 11.2. The third kappa shape index (κ3) is 0.736. The van der Waals surface area contributed by atoms with E-state index >= 15 is 0 Å². The van der Waals surface area contributed by atoms with Crippen molar-refractivity contribution in [2.24, 2.45) is 17.3 Å². The minimum Gasteiger partial charge on any atom is -0.333 e. The molecule has 13 heavy (non-hydrogen) atoms. The van der Waals surface area contributed by atoms with Gasteiger partial charge in [0.2, 0.25) is 0 Å². The van der Waals surface area contributed by atoms with E-state index in [0.717, 1.165) is 0 Å². The lowest BCUT2D eigenvalue weighted by Crippen LogP contribution is -2.38. The number of carbonyl (C=O) groups excluding carboxylic acids is 1. The lowest BCUT2D eigenvalue weighted by Gasteiger charge is -2.26. The Kier molecular flexibility index (Phi) is 1.19. The fourth-order valence-electron chi connectivity index (χ4n) is 3.89. The molecule has 2 bridgehead atoms. The van der Waals surface area contributed by atoms with Crippen LogP contribution in [0.4, 0.5) is 4.79 Å². The Bertz CT molecular complexity index is 250. The van der Waals surface area contributed by atoms with Gasteiger partial charge in [-0.1, -0.05) is 13.8 Å². The van der Waals surface area contributed by atoms with Gasteiger partial charge in [0.15, 0.2) is 0 Å². The summed E-state index contributed by atoms with van der Waals surface area (Å²) in [6, 6.07) is 0.880. The van der Waals surface area contributed by atoms with Gasteiger partial charge in [-0.15, -0.1) is 0 Å². The molecule has 0 spiro atoms. The zero-order chi connectivity index (χ0) is 9.22. The molecule has 0 aromatic heterocycles. The van der Waals surface area contributed by atoms with Crippen molar-refractivity contribution in [3.8, 4) is 0 Å². The molecule has 0 radical (unpaired) electrons. The average Bonchev–Trinajstić information content (AvgIpc) is 2.58. The van der Waals surface area contributed by atoms with Gasteiger partial charge in [0, 0.05) is 0 Å². The van der Waals surface area contributed by atoms with Crippen molar-refractivity contribution in [1.29, 1.82) is 0 Å². The molecule has 4 atom stereocenters. The van der Waals surface area contributed by atoms with Crippen LogP contribution in [0.5, 0.6) is 0 Å². The molecule has 3 fully saturated rings. The maximum Gasteiger partial charge on any atom is 0.315 e. The first kappa shape index (κ1) is 7.65. The molecule has 1 saturated heterocycles. The number of rotatable bonds is 0. The second kappa shape index (κ2) is 2.02. The minimum atomic E-state index is 0.0439. The van der Waals surface area contributed by atoms with Gasteiger partial charge >= 0.3 is 6.03 Å². The molecule has 4 unspecified atom stereocenters. The second-order valence-electron chi connectivity index (χ2n) is 5.28. The Labute approximate surface area is 78.3 Å². The van der Waals surface area contributed by atoms with Crippen LogP contribution in [-0.2, 0) is 0 Å². The largest absolute Gasteiger partial charge is 0.333 e. The first-order valence-corrected chi connectivity index (χ1v) is 5.18. The first-order valence-electron chi connectivity index (χ1n) is 5.18. The highest BCUT2D eigenvalue weighted by atomic mass is 16.2. The molecule has 72 valence electrons. The summed E-state index contributed by atoms with van der Waals surface area (Å²) in [4.78, 5) is 11.2. The molecule has 2 amide bonds. The van der Waals surface area contributed by atoms with Gasteiger partial charge in [-0.25, -0.2) is 4.79 Å². The first-order chi connectivity index (χ1) is 6.10. The molecular formula is C10H16N2O. The molecule has 3 heteroatoms. The summed E-state index contributed by atoms with van der Waals surface area (Å²) in [6.45, 7) is 4.70. The van der Waals surface area contributed by atoms with Crippen molar-refractivity contribution in [3.05, 3.63) is 0 Å². The van der Waals surface area contributed by atoms with Crippen LogP contribution in [0.25, 0.3) is 0 Å². The van der Waals surface area contributed by atoms with Crippen LogP contribution in [0.15, 0.2) is 0 Å². The molecule has 1 aliphatic heterocycles. The van der Waals surface area contributed by atoms with Crippen LogP contribution in [0.2, 0.25) is 0 Å². The number of urea groups is 1. The van der Waals surface area contributed by atoms with Gasteiger partial charge < -0.3 is 10.6 Å². The van der Waals surface area contributed by atoms with E-state index in [9.17, 15) is 4.79 Å². The van der Waals surface area contributed by atoms with Gasteiger partial charge in [0.05, 0.1) is 12.1 Å². The molecular weight excluding hydrogens is 164 g/mol. The van der Waals surface area contributed by atoms with Crippen LogP contribution in [0, 0.1) is 17.3 Å². The molecule has 3 nitrogen and oxygen atoms in total. The monoisotopic (exact) mass is 180 g/mol. The van der Waals surface area contributed by atoms with Gasteiger partial charge in [-0.05, 0) is 30.1 Å². The SMILES string of the molecule is CC1(C)C2CCC1C1NC(=O)NC12. The van der Waals surface area contributed by atoms with E-state index in [-0.39, 0.29) is 6.03 Å². The fraction of sp³-hybridized carbons (Fsp3) is 0.900. The number of hydrogen-bond acceptors (Lipinski definition) is 1. The lowest BCUT2D eigenvalue weighted by molar-refractivity contribution is 0.219. The van der Waals surface area contributed by atoms with Gasteiger partial charge in [0.25, 0.3) is 0 Å². The van der Waals surface area contributed by atoms with Crippen molar-refractivity contribution >= 4 is 6.03 Å².